The standard InChI is InChI=1S/C9H6BrF2N3OS/c10-5-3-1-2-4(13-5)6(16)8-14-15-9(17-8)7(11)12/h1-3,6-7,16H. The van der Waals surface area contributed by atoms with Crippen LogP contribution < -0.4 is 0 Å². The number of nitrogens with zero attached hydrogens (tertiary/aromatic N) is 3. The first-order valence-corrected chi connectivity index (χ1v) is 6.11. The molecule has 0 aliphatic rings. The van der Waals surface area contributed by atoms with Crippen molar-refractivity contribution in [3.8, 4) is 0 Å². The molecule has 0 aliphatic heterocycles. The van der Waals surface area contributed by atoms with Crippen LogP contribution >= 0.6 is 27.3 Å². The van der Waals surface area contributed by atoms with Crippen LogP contribution in [0.15, 0.2) is 22.8 Å². The van der Waals surface area contributed by atoms with E-state index in [1.54, 1.807) is 18.2 Å². The zero-order valence-corrected chi connectivity index (χ0v) is 10.6. The molecule has 0 spiro atoms. The van der Waals surface area contributed by atoms with Gasteiger partial charge in [0.1, 0.15) is 10.7 Å². The highest BCUT2D eigenvalue weighted by atomic mass is 79.9. The molecule has 0 saturated heterocycles. The number of rotatable bonds is 3. The maximum atomic E-state index is 12.3. The fourth-order valence-corrected chi connectivity index (χ4v) is 2.20. The first-order chi connectivity index (χ1) is 8.08. The Labute approximate surface area is 107 Å². The van der Waals surface area contributed by atoms with Crippen molar-refractivity contribution >= 4 is 27.3 Å². The van der Waals surface area contributed by atoms with Crippen molar-refractivity contribution in [3.05, 3.63) is 38.5 Å². The Morgan fingerprint density at radius 3 is 2.53 bits per heavy atom. The number of hydrogen-bond acceptors (Lipinski definition) is 5. The predicted molar refractivity (Wildman–Crippen MR) is 60.9 cm³/mol. The number of aliphatic hydroxyl groups excluding tert-OH is 1. The largest absolute Gasteiger partial charge is 0.379 e. The fourth-order valence-electron chi connectivity index (χ4n) is 1.15. The lowest BCUT2D eigenvalue weighted by Crippen LogP contribution is -2.01. The average molecular weight is 322 g/mol. The number of pyridine rings is 1. The van der Waals surface area contributed by atoms with Gasteiger partial charge in [0.25, 0.3) is 6.43 Å². The third-order valence-electron chi connectivity index (χ3n) is 1.89. The van der Waals surface area contributed by atoms with Crippen LogP contribution in [0.2, 0.25) is 0 Å². The zero-order valence-electron chi connectivity index (χ0n) is 8.22. The molecule has 4 nitrogen and oxygen atoms in total. The average Bonchev–Trinajstić information content (AvgIpc) is 2.77. The minimum absolute atomic E-state index is 0.103. The lowest BCUT2D eigenvalue weighted by atomic mass is 10.2. The number of halogens is 3. The van der Waals surface area contributed by atoms with Gasteiger partial charge in [-0.1, -0.05) is 17.4 Å². The van der Waals surface area contributed by atoms with Crippen LogP contribution in [-0.2, 0) is 0 Å². The number of aromatic nitrogens is 3. The lowest BCUT2D eigenvalue weighted by Gasteiger charge is -2.05. The topological polar surface area (TPSA) is 58.9 Å². The molecular weight excluding hydrogens is 316 g/mol. The van der Waals surface area contributed by atoms with Crippen molar-refractivity contribution in [1.82, 2.24) is 15.2 Å². The Bertz CT molecular complexity index is 522. The minimum Gasteiger partial charge on any atom is -0.379 e. The van der Waals surface area contributed by atoms with Crippen LogP contribution in [0.25, 0.3) is 0 Å². The van der Waals surface area contributed by atoms with Crippen molar-refractivity contribution in [3.63, 3.8) is 0 Å². The van der Waals surface area contributed by atoms with Gasteiger partial charge in [0.15, 0.2) is 10.0 Å². The van der Waals surface area contributed by atoms with Gasteiger partial charge in [0.05, 0.1) is 5.69 Å². The SMILES string of the molecule is OC(c1cccc(Br)n1)c1nnc(C(F)F)s1. The van der Waals surface area contributed by atoms with Crippen molar-refractivity contribution in [2.24, 2.45) is 0 Å². The Balaban J connectivity index is 2.27. The molecule has 2 rings (SSSR count). The highest BCUT2D eigenvalue weighted by Crippen LogP contribution is 2.28. The van der Waals surface area contributed by atoms with Crippen molar-refractivity contribution in [2.75, 3.05) is 0 Å². The number of hydrogen-bond donors (Lipinski definition) is 1. The molecule has 0 aliphatic carbocycles. The Morgan fingerprint density at radius 2 is 1.94 bits per heavy atom. The van der Waals surface area contributed by atoms with Crippen LogP contribution in [0.5, 0.6) is 0 Å². The van der Waals surface area contributed by atoms with E-state index in [2.05, 4.69) is 31.1 Å². The molecule has 1 unspecified atom stereocenters. The van der Waals surface area contributed by atoms with Gasteiger partial charge < -0.3 is 5.11 Å². The minimum atomic E-state index is -2.68. The molecule has 17 heavy (non-hydrogen) atoms. The van der Waals surface area contributed by atoms with Gasteiger partial charge in [0.2, 0.25) is 0 Å². The second-order valence-electron chi connectivity index (χ2n) is 3.07. The van der Waals surface area contributed by atoms with Crippen LogP contribution in [0.1, 0.15) is 28.2 Å². The molecule has 0 fully saturated rings. The van der Waals surface area contributed by atoms with Gasteiger partial charge in [0, 0.05) is 0 Å². The van der Waals surface area contributed by atoms with Crippen molar-refractivity contribution < 1.29 is 13.9 Å². The second kappa shape index (κ2) is 5.11. The summed E-state index contributed by atoms with van der Waals surface area (Å²) < 4.78 is 25.2. The summed E-state index contributed by atoms with van der Waals surface area (Å²) in [5.74, 6) is 0. The monoisotopic (exact) mass is 321 g/mol. The Hall–Kier alpha value is -0.990. The van der Waals surface area contributed by atoms with E-state index in [0.717, 1.165) is 0 Å². The molecule has 2 aromatic rings. The van der Waals surface area contributed by atoms with Crippen LogP contribution in [0.3, 0.4) is 0 Å². The molecule has 0 bridgehead atoms. The van der Waals surface area contributed by atoms with E-state index >= 15 is 0 Å². The van der Waals surface area contributed by atoms with Crippen molar-refractivity contribution in [1.29, 1.82) is 0 Å². The predicted octanol–water partition coefficient (Wildman–Crippen LogP) is 2.71. The molecule has 0 radical (unpaired) electrons. The van der Waals surface area contributed by atoms with Gasteiger partial charge in [-0.25, -0.2) is 13.8 Å². The van der Waals surface area contributed by atoms with Gasteiger partial charge in [-0.05, 0) is 28.1 Å². The summed E-state index contributed by atoms with van der Waals surface area (Å²) in [5, 5.41) is 16.4. The number of aliphatic hydroxyl groups is 1. The van der Waals surface area contributed by atoms with E-state index in [1.165, 1.54) is 0 Å². The summed E-state index contributed by atoms with van der Waals surface area (Å²) in [7, 11) is 0. The summed E-state index contributed by atoms with van der Waals surface area (Å²) in [4.78, 5) is 4.02. The van der Waals surface area contributed by atoms with E-state index in [4.69, 9.17) is 0 Å². The van der Waals surface area contributed by atoms with Crippen LogP contribution in [0.4, 0.5) is 8.78 Å². The van der Waals surface area contributed by atoms with Gasteiger partial charge in [-0.15, -0.1) is 10.2 Å². The first-order valence-electron chi connectivity index (χ1n) is 4.50. The van der Waals surface area contributed by atoms with E-state index in [-0.39, 0.29) is 5.01 Å². The molecular formula is C9H6BrF2N3OS. The third kappa shape index (κ3) is 2.82. The van der Waals surface area contributed by atoms with Crippen molar-refractivity contribution in [2.45, 2.75) is 12.5 Å². The summed E-state index contributed by atoms with van der Waals surface area (Å²) in [6.07, 6.45) is -3.82. The highest BCUT2D eigenvalue weighted by Gasteiger charge is 2.20. The van der Waals surface area contributed by atoms with Gasteiger partial charge in [-0.3, -0.25) is 0 Å². The molecule has 1 N–H and O–H groups in total. The summed E-state index contributed by atoms with van der Waals surface area (Å²) in [6.45, 7) is 0. The van der Waals surface area contributed by atoms with Crippen LogP contribution in [0, 0.1) is 0 Å². The highest BCUT2D eigenvalue weighted by molar-refractivity contribution is 9.10. The maximum absolute atomic E-state index is 12.3. The van der Waals surface area contributed by atoms with E-state index in [0.29, 0.717) is 21.6 Å². The smallest absolute Gasteiger partial charge is 0.291 e. The maximum Gasteiger partial charge on any atom is 0.291 e. The second-order valence-corrected chi connectivity index (χ2v) is 4.92. The summed E-state index contributed by atoms with van der Waals surface area (Å²) in [6, 6.07) is 4.96. The lowest BCUT2D eigenvalue weighted by molar-refractivity contribution is 0.150. The third-order valence-corrected chi connectivity index (χ3v) is 3.32. The molecule has 1 atom stereocenters. The van der Waals surface area contributed by atoms with E-state index < -0.39 is 17.5 Å². The fraction of sp³-hybridized carbons (Fsp3) is 0.222. The van der Waals surface area contributed by atoms with E-state index in [1.807, 2.05) is 0 Å². The van der Waals surface area contributed by atoms with Crippen LogP contribution in [-0.4, -0.2) is 20.3 Å². The molecule has 8 heteroatoms. The Morgan fingerprint density at radius 1 is 1.24 bits per heavy atom. The normalized spacial score (nSPS) is 13.0. The molecule has 0 saturated carbocycles. The first kappa shape index (κ1) is 12.5. The molecule has 0 aromatic carbocycles. The molecule has 90 valence electrons. The van der Waals surface area contributed by atoms with E-state index in [9.17, 15) is 13.9 Å². The number of alkyl halides is 2. The summed E-state index contributed by atoms with van der Waals surface area (Å²) >= 11 is 3.83. The zero-order chi connectivity index (χ0) is 12.4. The molecule has 2 aromatic heterocycles. The molecule has 0 amide bonds. The molecule has 2 heterocycles. The van der Waals surface area contributed by atoms with Gasteiger partial charge in [-0.2, -0.15) is 0 Å². The Kier molecular flexibility index (Phi) is 3.75. The summed E-state index contributed by atoms with van der Waals surface area (Å²) in [5.41, 5.74) is 0.330. The quantitative estimate of drug-likeness (QED) is 0.883. The van der Waals surface area contributed by atoms with Gasteiger partial charge >= 0.3 is 0 Å².